The summed E-state index contributed by atoms with van der Waals surface area (Å²) in [5.41, 5.74) is 7.49. The standard InChI is InChI=1S/C23H40N8O/c24-22(25)29-12-5-3-1-2-4-6-13-30-23(26)31-16-17-32-18-19-8-10-20(11-9-19)21-27-14-7-15-28-21/h8-11H,1-7,12-18H2,(H,27,28)(H4,24,25,29)(H3,26,30,31). The van der Waals surface area contributed by atoms with Crippen LogP contribution in [0.15, 0.2) is 29.3 Å². The zero-order valence-electron chi connectivity index (χ0n) is 19.1. The lowest BCUT2D eigenvalue weighted by molar-refractivity contribution is 0.125. The van der Waals surface area contributed by atoms with E-state index in [4.69, 9.17) is 21.3 Å². The van der Waals surface area contributed by atoms with Crippen molar-refractivity contribution in [3.63, 3.8) is 0 Å². The van der Waals surface area contributed by atoms with Gasteiger partial charge in [0.1, 0.15) is 5.84 Å². The second-order valence-electron chi connectivity index (χ2n) is 7.95. The van der Waals surface area contributed by atoms with Gasteiger partial charge in [0.2, 0.25) is 0 Å². The van der Waals surface area contributed by atoms with Crippen molar-refractivity contribution in [2.45, 2.75) is 51.6 Å². The van der Waals surface area contributed by atoms with Crippen LogP contribution in [0.5, 0.6) is 0 Å². The highest BCUT2D eigenvalue weighted by atomic mass is 16.5. The van der Waals surface area contributed by atoms with E-state index in [1.807, 2.05) is 0 Å². The molecule has 0 unspecified atom stereocenters. The molecule has 0 radical (unpaired) electrons. The lowest BCUT2D eigenvalue weighted by Crippen LogP contribution is -2.38. The number of rotatable bonds is 15. The van der Waals surface area contributed by atoms with Crippen molar-refractivity contribution in [3.8, 4) is 0 Å². The Morgan fingerprint density at radius 2 is 1.59 bits per heavy atom. The first-order valence-corrected chi connectivity index (χ1v) is 11.7. The molecule has 1 aliphatic rings. The summed E-state index contributed by atoms with van der Waals surface area (Å²) in [6.07, 6.45) is 7.91. The number of unbranched alkanes of at least 4 members (excludes halogenated alkanes) is 5. The second kappa shape index (κ2) is 15.9. The average Bonchev–Trinajstić information content (AvgIpc) is 2.81. The van der Waals surface area contributed by atoms with E-state index in [1.54, 1.807) is 0 Å². The van der Waals surface area contributed by atoms with Crippen LogP contribution in [0.2, 0.25) is 0 Å². The Morgan fingerprint density at radius 3 is 2.25 bits per heavy atom. The molecular formula is C23H40N8O. The van der Waals surface area contributed by atoms with Gasteiger partial charge in [-0.15, -0.1) is 0 Å². The van der Waals surface area contributed by atoms with Gasteiger partial charge in [-0.1, -0.05) is 49.9 Å². The summed E-state index contributed by atoms with van der Waals surface area (Å²) in [5.74, 6) is 1.39. The van der Waals surface area contributed by atoms with Crippen LogP contribution in [0.4, 0.5) is 0 Å². The van der Waals surface area contributed by atoms with Crippen LogP contribution in [0.3, 0.4) is 0 Å². The Balaban J connectivity index is 1.40. The minimum atomic E-state index is 0.0483. The number of ether oxygens (including phenoxy) is 1. The van der Waals surface area contributed by atoms with Crippen molar-refractivity contribution in [3.05, 3.63) is 35.4 Å². The van der Waals surface area contributed by atoms with Crippen molar-refractivity contribution in [2.75, 3.05) is 39.3 Å². The van der Waals surface area contributed by atoms with Crippen molar-refractivity contribution < 1.29 is 4.74 Å². The SMILES string of the molecule is N=C(N)NCCCCCCCCNC(=N)NCCOCc1ccc(C2=NCCCN2)cc1. The van der Waals surface area contributed by atoms with Crippen molar-refractivity contribution in [1.82, 2.24) is 21.3 Å². The number of hydrogen-bond donors (Lipinski definition) is 7. The fourth-order valence-corrected chi connectivity index (χ4v) is 3.38. The Hall–Kier alpha value is -2.81. The molecule has 1 aliphatic heterocycles. The first-order valence-electron chi connectivity index (χ1n) is 11.7. The highest BCUT2D eigenvalue weighted by Gasteiger charge is 2.06. The van der Waals surface area contributed by atoms with Crippen LogP contribution in [0, 0.1) is 10.8 Å². The molecule has 0 saturated carbocycles. The zero-order chi connectivity index (χ0) is 22.9. The topological polar surface area (TPSA) is 143 Å². The van der Waals surface area contributed by atoms with Gasteiger partial charge >= 0.3 is 0 Å². The number of hydrogen-bond acceptors (Lipinski definition) is 5. The minimum Gasteiger partial charge on any atom is -0.375 e. The fourth-order valence-electron chi connectivity index (χ4n) is 3.38. The van der Waals surface area contributed by atoms with Gasteiger partial charge in [0.25, 0.3) is 0 Å². The summed E-state index contributed by atoms with van der Waals surface area (Å²) in [6.45, 7) is 5.20. The van der Waals surface area contributed by atoms with Gasteiger partial charge in [0, 0.05) is 38.3 Å². The first kappa shape index (κ1) is 25.5. The zero-order valence-corrected chi connectivity index (χ0v) is 19.1. The Labute approximate surface area is 192 Å². The molecule has 9 nitrogen and oxygen atoms in total. The maximum atomic E-state index is 7.91. The lowest BCUT2D eigenvalue weighted by Gasteiger charge is -2.15. The monoisotopic (exact) mass is 444 g/mol. The minimum absolute atomic E-state index is 0.0483. The van der Waals surface area contributed by atoms with Crippen molar-refractivity contribution in [2.24, 2.45) is 10.7 Å². The van der Waals surface area contributed by atoms with Crippen LogP contribution in [0.1, 0.15) is 56.1 Å². The van der Waals surface area contributed by atoms with Crippen LogP contribution in [-0.4, -0.2) is 57.1 Å². The van der Waals surface area contributed by atoms with Gasteiger partial charge in [0.15, 0.2) is 11.9 Å². The van der Waals surface area contributed by atoms with E-state index in [1.165, 1.54) is 12.8 Å². The molecule has 1 heterocycles. The molecule has 1 aromatic rings. The second-order valence-corrected chi connectivity index (χ2v) is 7.95. The normalized spacial score (nSPS) is 13.1. The molecule has 0 aliphatic carbocycles. The summed E-state index contributed by atoms with van der Waals surface area (Å²) < 4.78 is 5.71. The third-order valence-electron chi connectivity index (χ3n) is 5.16. The highest BCUT2D eigenvalue weighted by Crippen LogP contribution is 2.08. The highest BCUT2D eigenvalue weighted by molar-refractivity contribution is 5.99. The van der Waals surface area contributed by atoms with Gasteiger partial charge in [-0.3, -0.25) is 15.8 Å². The van der Waals surface area contributed by atoms with E-state index in [0.717, 1.165) is 75.2 Å². The Kier molecular flexibility index (Phi) is 12.7. The van der Waals surface area contributed by atoms with Gasteiger partial charge in [-0.2, -0.15) is 0 Å². The summed E-state index contributed by atoms with van der Waals surface area (Å²) in [7, 11) is 0. The molecule has 2 rings (SSSR count). The van der Waals surface area contributed by atoms with Crippen molar-refractivity contribution >= 4 is 17.8 Å². The van der Waals surface area contributed by atoms with Crippen LogP contribution in [-0.2, 0) is 11.3 Å². The number of aliphatic imine (C=N–C) groups is 1. The largest absolute Gasteiger partial charge is 0.375 e. The molecule has 0 bridgehead atoms. The smallest absolute Gasteiger partial charge is 0.188 e. The van der Waals surface area contributed by atoms with Gasteiger partial charge < -0.3 is 31.7 Å². The number of nitrogens with zero attached hydrogens (tertiary/aromatic N) is 1. The third-order valence-corrected chi connectivity index (χ3v) is 5.16. The van der Waals surface area contributed by atoms with E-state index in [-0.39, 0.29) is 5.96 Å². The van der Waals surface area contributed by atoms with E-state index >= 15 is 0 Å². The van der Waals surface area contributed by atoms with Crippen LogP contribution < -0.4 is 27.0 Å². The Morgan fingerprint density at radius 1 is 0.938 bits per heavy atom. The number of nitrogens with two attached hydrogens (primary N) is 1. The van der Waals surface area contributed by atoms with Gasteiger partial charge in [0.05, 0.1) is 13.2 Å². The quantitative estimate of drug-likeness (QED) is 0.125. The van der Waals surface area contributed by atoms with Crippen LogP contribution >= 0.6 is 0 Å². The predicted molar refractivity (Wildman–Crippen MR) is 131 cm³/mol. The van der Waals surface area contributed by atoms with Crippen LogP contribution in [0.25, 0.3) is 0 Å². The number of nitrogens with one attached hydrogen (secondary N) is 6. The molecule has 0 amide bonds. The van der Waals surface area contributed by atoms with E-state index in [2.05, 4.69) is 50.5 Å². The fraction of sp³-hybridized carbons (Fsp3) is 0.609. The Bertz CT molecular complexity index is 704. The van der Waals surface area contributed by atoms with E-state index in [0.29, 0.717) is 25.7 Å². The molecule has 8 N–H and O–H groups in total. The molecule has 0 fully saturated rings. The third kappa shape index (κ3) is 11.5. The van der Waals surface area contributed by atoms with Crippen molar-refractivity contribution in [1.29, 1.82) is 10.8 Å². The predicted octanol–water partition coefficient (Wildman–Crippen LogP) is 1.88. The van der Waals surface area contributed by atoms with Gasteiger partial charge in [-0.25, -0.2) is 0 Å². The molecule has 0 aromatic heterocycles. The molecule has 178 valence electrons. The maximum absolute atomic E-state index is 7.91. The number of amidine groups is 1. The molecule has 0 atom stereocenters. The molecule has 32 heavy (non-hydrogen) atoms. The molecule has 0 spiro atoms. The maximum Gasteiger partial charge on any atom is 0.188 e. The summed E-state index contributed by atoms with van der Waals surface area (Å²) in [6, 6.07) is 8.32. The lowest BCUT2D eigenvalue weighted by atomic mass is 10.1. The molecule has 0 saturated heterocycles. The number of benzene rings is 1. The summed E-state index contributed by atoms with van der Waals surface area (Å²) in [5, 5.41) is 27.3. The summed E-state index contributed by atoms with van der Waals surface area (Å²) >= 11 is 0. The number of guanidine groups is 2. The molecule has 9 heteroatoms. The average molecular weight is 445 g/mol. The van der Waals surface area contributed by atoms with E-state index < -0.39 is 0 Å². The van der Waals surface area contributed by atoms with E-state index in [9.17, 15) is 0 Å². The molecular weight excluding hydrogens is 404 g/mol. The first-order chi connectivity index (χ1) is 15.6. The molecule has 1 aromatic carbocycles. The van der Waals surface area contributed by atoms with Gasteiger partial charge in [-0.05, 0) is 24.8 Å². The summed E-state index contributed by atoms with van der Waals surface area (Å²) in [4.78, 5) is 4.51.